The molecule has 2 fully saturated rings. The first-order chi connectivity index (χ1) is 23.6. The van der Waals surface area contributed by atoms with Crippen LogP contribution in [0.4, 0.5) is 26.2 Å². The fourth-order valence-corrected chi connectivity index (χ4v) is 6.86. The molecule has 49 heavy (non-hydrogen) atoms. The van der Waals surface area contributed by atoms with E-state index in [4.69, 9.17) is 0 Å². The Labute approximate surface area is 282 Å². The number of carbonyl (C=O) groups is 2. The summed E-state index contributed by atoms with van der Waals surface area (Å²) in [5, 5.41) is 5.52. The van der Waals surface area contributed by atoms with Crippen molar-refractivity contribution in [3.63, 3.8) is 0 Å². The highest BCUT2D eigenvalue weighted by atomic mass is 19.1. The number of carbonyl (C=O) groups excluding carboxylic acids is 2. The number of hydrogen-bond donors (Lipinski definition) is 2. The third-order valence-electron chi connectivity index (χ3n) is 9.25. The topological polar surface area (TPSA) is 121 Å². The Hall–Kier alpha value is -5.30. The van der Waals surface area contributed by atoms with Crippen molar-refractivity contribution in [2.75, 3.05) is 36.4 Å². The summed E-state index contributed by atoms with van der Waals surface area (Å²) in [5.41, 5.74) is 4.14. The van der Waals surface area contributed by atoms with Crippen LogP contribution in [0.3, 0.4) is 0 Å². The normalized spacial score (nSPS) is 17.2. The number of aryl methyl sites for hydroxylation is 1. The van der Waals surface area contributed by atoms with Crippen molar-refractivity contribution in [2.45, 2.75) is 52.1 Å². The Balaban J connectivity index is 1.00. The fourth-order valence-electron chi connectivity index (χ4n) is 6.86. The molecule has 0 spiro atoms. The van der Waals surface area contributed by atoms with Crippen LogP contribution in [-0.4, -0.2) is 67.4 Å². The predicted molar refractivity (Wildman–Crippen MR) is 182 cm³/mol. The zero-order valence-electron chi connectivity index (χ0n) is 27.6. The van der Waals surface area contributed by atoms with E-state index in [1.807, 2.05) is 55.7 Å². The molecule has 0 saturated carbocycles. The number of aromatic nitrogens is 5. The van der Waals surface area contributed by atoms with Gasteiger partial charge in [0.15, 0.2) is 11.6 Å². The maximum Gasteiger partial charge on any atom is 0.234 e. The Morgan fingerprint density at radius 3 is 2.49 bits per heavy atom. The van der Waals surface area contributed by atoms with Gasteiger partial charge >= 0.3 is 0 Å². The van der Waals surface area contributed by atoms with E-state index in [0.717, 1.165) is 55.7 Å². The van der Waals surface area contributed by atoms with Crippen LogP contribution in [0.25, 0.3) is 22.3 Å². The maximum absolute atomic E-state index is 15.1. The molecular weight excluding hydrogens is 628 g/mol. The first-order valence-corrected chi connectivity index (χ1v) is 16.5. The molecule has 2 aliphatic heterocycles. The quantitative estimate of drug-likeness (QED) is 0.203. The monoisotopic (exact) mass is 665 g/mol. The molecule has 2 N–H and O–H groups in total. The first kappa shape index (κ1) is 32.3. The number of halogens is 2. The molecule has 5 heterocycles. The average molecular weight is 666 g/mol. The number of pyridine rings is 1. The number of imidazole rings is 1. The Bertz CT molecular complexity index is 2040. The van der Waals surface area contributed by atoms with Gasteiger partial charge in [-0.2, -0.15) is 0 Å². The molecule has 2 aromatic carbocycles. The fraction of sp³-hybridized carbons (Fsp3) is 0.333. The Morgan fingerprint density at radius 1 is 0.959 bits per heavy atom. The molecule has 7 rings (SSSR count). The molecule has 5 aromatic rings. The summed E-state index contributed by atoms with van der Waals surface area (Å²) in [6, 6.07) is 14.8. The maximum atomic E-state index is 15.1. The van der Waals surface area contributed by atoms with Crippen LogP contribution < -0.4 is 15.5 Å². The number of benzene rings is 2. The SMILES string of the molecule is Cc1nc2c(F)cc(-c3nc(Nc4ccc(N5CCN(Cc6ccccc6C6CCC(=O)NC6=O)CC5)cn4)ncc3F)cc2n1C(C)C. The molecule has 3 aromatic heterocycles. The summed E-state index contributed by atoms with van der Waals surface area (Å²) in [4.78, 5) is 46.2. The Morgan fingerprint density at radius 2 is 1.76 bits per heavy atom. The summed E-state index contributed by atoms with van der Waals surface area (Å²) in [5.74, 6) is -0.649. The zero-order valence-corrected chi connectivity index (χ0v) is 27.6. The van der Waals surface area contributed by atoms with Gasteiger partial charge < -0.3 is 14.8 Å². The molecule has 11 nitrogen and oxygen atoms in total. The van der Waals surface area contributed by atoms with Gasteiger partial charge in [0.2, 0.25) is 17.8 Å². The van der Waals surface area contributed by atoms with Gasteiger partial charge in [-0.05, 0) is 62.6 Å². The molecule has 0 bridgehead atoms. The third-order valence-corrected chi connectivity index (χ3v) is 9.25. The number of rotatable bonds is 8. The summed E-state index contributed by atoms with van der Waals surface area (Å²) in [6.45, 7) is 9.78. The van der Waals surface area contributed by atoms with Crippen LogP contribution in [0.5, 0.6) is 0 Å². The number of anilines is 3. The van der Waals surface area contributed by atoms with Crippen molar-refractivity contribution in [1.82, 2.24) is 34.7 Å². The van der Waals surface area contributed by atoms with E-state index >= 15 is 4.39 Å². The molecule has 2 aliphatic rings. The predicted octanol–water partition coefficient (Wildman–Crippen LogP) is 5.64. The number of hydrogen-bond acceptors (Lipinski definition) is 9. The van der Waals surface area contributed by atoms with Gasteiger partial charge in [0.1, 0.15) is 22.9 Å². The van der Waals surface area contributed by atoms with Crippen LogP contribution in [0, 0.1) is 18.6 Å². The highest BCUT2D eigenvalue weighted by Crippen LogP contribution is 2.31. The molecule has 0 radical (unpaired) electrons. The van der Waals surface area contributed by atoms with Gasteiger partial charge in [-0.3, -0.25) is 19.8 Å². The van der Waals surface area contributed by atoms with E-state index in [2.05, 4.69) is 46.4 Å². The van der Waals surface area contributed by atoms with Crippen molar-refractivity contribution < 1.29 is 18.4 Å². The van der Waals surface area contributed by atoms with Crippen molar-refractivity contribution >= 4 is 40.3 Å². The van der Waals surface area contributed by atoms with E-state index in [9.17, 15) is 14.0 Å². The van der Waals surface area contributed by atoms with Crippen molar-refractivity contribution in [3.8, 4) is 11.3 Å². The zero-order chi connectivity index (χ0) is 34.2. The number of piperazine rings is 1. The van der Waals surface area contributed by atoms with E-state index in [1.54, 1.807) is 12.3 Å². The smallest absolute Gasteiger partial charge is 0.234 e. The van der Waals surface area contributed by atoms with Gasteiger partial charge in [-0.1, -0.05) is 24.3 Å². The Kier molecular flexibility index (Phi) is 8.76. The molecule has 2 saturated heterocycles. The van der Waals surface area contributed by atoms with Crippen LogP contribution in [0.1, 0.15) is 55.6 Å². The van der Waals surface area contributed by atoms with Gasteiger partial charge in [0, 0.05) is 50.7 Å². The number of piperidine rings is 1. The molecule has 1 unspecified atom stereocenters. The van der Waals surface area contributed by atoms with E-state index in [0.29, 0.717) is 30.0 Å². The lowest BCUT2D eigenvalue weighted by atomic mass is 9.87. The standard InChI is InChI=1S/C36H37F2N9O2/c1-21(2)47-22(3)41-34-28(37)16-24(17-30(34)47)33-29(38)19-40-36(44-33)42-31-10-8-25(18-39-31)46-14-12-45(13-15-46)20-23-6-4-5-7-26(23)27-9-11-32(48)43-35(27)49/h4-8,10,16-19,21,27H,9,11-15,20H2,1-3H3,(H,43,48,49)(H,39,40,42,44). The molecule has 1 atom stereocenters. The van der Waals surface area contributed by atoms with Crippen molar-refractivity contribution in [3.05, 3.63) is 89.5 Å². The third kappa shape index (κ3) is 6.58. The second kappa shape index (κ2) is 13.3. The van der Waals surface area contributed by atoms with E-state index in [1.165, 1.54) is 6.07 Å². The van der Waals surface area contributed by atoms with Crippen LogP contribution in [0.2, 0.25) is 0 Å². The summed E-state index contributed by atoms with van der Waals surface area (Å²) >= 11 is 0. The largest absolute Gasteiger partial charge is 0.368 e. The second-order valence-electron chi connectivity index (χ2n) is 12.8. The molecular formula is C36H37F2N9O2. The van der Waals surface area contributed by atoms with Crippen LogP contribution in [-0.2, 0) is 16.1 Å². The second-order valence-corrected chi connectivity index (χ2v) is 12.8. The summed E-state index contributed by atoms with van der Waals surface area (Å²) in [7, 11) is 0. The van der Waals surface area contributed by atoms with Crippen molar-refractivity contribution in [2.24, 2.45) is 0 Å². The molecule has 13 heteroatoms. The van der Waals surface area contributed by atoms with Gasteiger partial charge in [0.05, 0.1) is 29.5 Å². The molecule has 0 aliphatic carbocycles. The molecule has 2 amide bonds. The van der Waals surface area contributed by atoms with E-state index in [-0.39, 0.29) is 46.5 Å². The minimum Gasteiger partial charge on any atom is -0.368 e. The summed E-state index contributed by atoms with van der Waals surface area (Å²) < 4.78 is 32.0. The van der Waals surface area contributed by atoms with Crippen molar-refractivity contribution in [1.29, 1.82) is 0 Å². The highest BCUT2D eigenvalue weighted by Gasteiger charge is 2.30. The summed E-state index contributed by atoms with van der Waals surface area (Å²) in [6.07, 6.45) is 3.73. The minimum absolute atomic E-state index is 0.0262. The first-order valence-electron chi connectivity index (χ1n) is 16.5. The lowest BCUT2D eigenvalue weighted by Gasteiger charge is -2.36. The van der Waals surface area contributed by atoms with Crippen LogP contribution in [0.15, 0.2) is 60.9 Å². The van der Waals surface area contributed by atoms with Gasteiger partial charge in [-0.15, -0.1) is 0 Å². The van der Waals surface area contributed by atoms with Gasteiger partial charge in [0.25, 0.3) is 0 Å². The lowest BCUT2D eigenvalue weighted by Crippen LogP contribution is -2.46. The van der Waals surface area contributed by atoms with Gasteiger partial charge in [-0.25, -0.2) is 28.7 Å². The lowest BCUT2D eigenvalue weighted by molar-refractivity contribution is -0.134. The van der Waals surface area contributed by atoms with Crippen LogP contribution >= 0.6 is 0 Å². The highest BCUT2D eigenvalue weighted by molar-refractivity contribution is 6.01. The average Bonchev–Trinajstić information content (AvgIpc) is 3.43. The molecule has 252 valence electrons. The number of fused-ring (bicyclic) bond motifs is 1. The number of nitrogens with zero attached hydrogens (tertiary/aromatic N) is 7. The number of imide groups is 1. The number of amides is 2. The van der Waals surface area contributed by atoms with E-state index < -0.39 is 11.6 Å². The minimum atomic E-state index is -0.668. The number of nitrogens with one attached hydrogen (secondary N) is 2.